The van der Waals surface area contributed by atoms with Crippen LogP contribution in [0.5, 0.6) is 0 Å². The first-order valence-corrected chi connectivity index (χ1v) is 13.4. The van der Waals surface area contributed by atoms with Crippen LogP contribution in [0.3, 0.4) is 0 Å². The van der Waals surface area contributed by atoms with E-state index in [4.69, 9.17) is 0 Å². The molecular weight excluding hydrogens is 411 g/mol. The molecule has 2 aromatic rings. The molecule has 0 spiro atoms. The molecule has 8 atom stereocenters. The Labute approximate surface area is 197 Å². The van der Waals surface area contributed by atoms with Crippen LogP contribution in [0.1, 0.15) is 78.6 Å². The summed E-state index contributed by atoms with van der Waals surface area (Å²) in [6.45, 7) is 7.84. The summed E-state index contributed by atoms with van der Waals surface area (Å²) in [6.07, 6.45) is 13.7. The second kappa shape index (κ2) is 7.65. The molecule has 0 bridgehead atoms. The highest BCUT2D eigenvalue weighted by Gasteiger charge is 2.60. The highest BCUT2D eigenvalue weighted by Crippen LogP contribution is 2.67. The first-order chi connectivity index (χ1) is 15.8. The number of nitrogens with zero attached hydrogens (tertiary/aromatic N) is 2. The average molecular weight is 451 g/mol. The molecule has 1 aromatic heterocycles. The first-order valence-electron chi connectivity index (χ1n) is 13.4. The number of ketones is 1. The van der Waals surface area contributed by atoms with Crippen LogP contribution in [-0.4, -0.2) is 15.6 Å². The quantitative estimate of drug-likeness (QED) is 0.503. The Hall–Kier alpha value is -1.71. The van der Waals surface area contributed by atoms with Crippen LogP contribution < -0.4 is 0 Å². The van der Waals surface area contributed by atoms with E-state index in [1.54, 1.807) is 10.7 Å². The van der Waals surface area contributed by atoms with Crippen molar-refractivity contribution in [3.05, 3.63) is 30.2 Å². The zero-order valence-corrected chi connectivity index (χ0v) is 20.5. The highest BCUT2D eigenvalue weighted by atomic mass is 19.1. The predicted octanol–water partition coefficient (Wildman–Crippen LogP) is 7.04. The number of carbonyl (C=O) groups excluding carboxylic acids is 1. The lowest BCUT2D eigenvalue weighted by atomic mass is 9.44. The molecule has 3 nitrogen and oxygen atoms in total. The summed E-state index contributed by atoms with van der Waals surface area (Å²) in [7, 11) is 0. The molecule has 33 heavy (non-hydrogen) atoms. The standard InChI is InChI=1S/C29H39FN2O/c1-18-10-12-28(2)20(14-18)4-6-22-23-7-8-25(29(23,3)13-11-24(22)28)27(33)17-32-16-19-15-21(30)5-9-26(19)31-32/h5,9,15-16,18,20,22-25H,4,6-8,10-14,17H2,1-3H3/t18-,20?,22?,23?,24?,25+,28?,29?/m0/s1. The Balaban J connectivity index is 1.21. The van der Waals surface area contributed by atoms with Crippen LogP contribution in [0, 0.1) is 52.2 Å². The van der Waals surface area contributed by atoms with E-state index in [0.717, 1.165) is 41.0 Å². The van der Waals surface area contributed by atoms with Gasteiger partial charge in [0.1, 0.15) is 5.82 Å². The fourth-order valence-electron chi connectivity index (χ4n) is 9.40. The van der Waals surface area contributed by atoms with Crippen molar-refractivity contribution in [2.75, 3.05) is 0 Å². The van der Waals surface area contributed by atoms with Crippen LogP contribution in [0.25, 0.3) is 10.9 Å². The van der Waals surface area contributed by atoms with E-state index < -0.39 is 0 Å². The minimum Gasteiger partial charge on any atom is -0.297 e. The lowest BCUT2D eigenvalue weighted by molar-refractivity contribution is -0.137. The third kappa shape index (κ3) is 3.33. The van der Waals surface area contributed by atoms with Gasteiger partial charge in [-0.1, -0.05) is 27.2 Å². The van der Waals surface area contributed by atoms with E-state index in [9.17, 15) is 9.18 Å². The molecule has 4 fully saturated rings. The molecule has 4 heteroatoms. The van der Waals surface area contributed by atoms with Gasteiger partial charge in [0.05, 0.1) is 12.1 Å². The van der Waals surface area contributed by atoms with Gasteiger partial charge in [-0.3, -0.25) is 9.48 Å². The monoisotopic (exact) mass is 450 g/mol. The van der Waals surface area contributed by atoms with Crippen molar-refractivity contribution in [1.29, 1.82) is 0 Å². The van der Waals surface area contributed by atoms with E-state index in [0.29, 0.717) is 23.7 Å². The average Bonchev–Trinajstić information content (AvgIpc) is 3.33. The van der Waals surface area contributed by atoms with Gasteiger partial charge in [0.25, 0.3) is 0 Å². The Morgan fingerprint density at radius 1 is 1.06 bits per heavy atom. The van der Waals surface area contributed by atoms with Crippen molar-refractivity contribution in [2.45, 2.75) is 85.1 Å². The summed E-state index contributed by atoms with van der Waals surface area (Å²) in [5.41, 5.74) is 1.43. The number of halogens is 1. The van der Waals surface area contributed by atoms with E-state index in [1.165, 1.54) is 63.5 Å². The Morgan fingerprint density at radius 2 is 1.85 bits per heavy atom. The Morgan fingerprint density at radius 3 is 2.70 bits per heavy atom. The zero-order chi connectivity index (χ0) is 23.0. The summed E-state index contributed by atoms with van der Waals surface area (Å²) in [5.74, 6) is 4.41. The number of hydrogen-bond donors (Lipinski definition) is 0. The number of rotatable bonds is 3. The van der Waals surface area contributed by atoms with Crippen molar-refractivity contribution >= 4 is 16.7 Å². The molecule has 0 amide bonds. The van der Waals surface area contributed by atoms with E-state index in [-0.39, 0.29) is 17.2 Å². The lowest BCUT2D eigenvalue weighted by Crippen LogP contribution is -2.53. The van der Waals surface area contributed by atoms with Crippen LogP contribution in [-0.2, 0) is 11.3 Å². The molecule has 4 saturated carbocycles. The smallest absolute Gasteiger partial charge is 0.157 e. The van der Waals surface area contributed by atoms with Gasteiger partial charge < -0.3 is 0 Å². The molecule has 178 valence electrons. The fraction of sp³-hybridized carbons (Fsp3) is 0.724. The van der Waals surface area contributed by atoms with Gasteiger partial charge in [0, 0.05) is 17.5 Å². The van der Waals surface area contributed by atoms with E-state index >= 15 is 0 Å². The van der Waals surface area contributed by atoms with Crippen molar-refractivity contribution in [3.8, 4) is 0 Å². The van der Waals surface area contributed by atoms with Gasteiger partial charge in [0.15, 0.2) is 5.78 Å². The van der Waals surface area contributed by atoms with Gasteiger partial charge >= 0.3 is 0 Å². The molecular formula is C29H39FN2O. The van der Waals surface area contributed by atoms with Crippen molar-refractivity contribution in [2.24, 2.45) is 46.3 Å². The van der Waals surface area contributed by atoms with E-state index in [1.807, 2.05) is 6.20 Å². The molecule has 0 aliphatic heterocycles. The van der Waals surface area contributed by atoms with E-state index in [2.05, 4.69) is 25.9 Å². The third-order valence-corrected chi connectivity index (χ3v) is 11.1. The van der Waals surface area contributed by atoms with Gasteiger partial charge in [-0.2, -0.15) is 5.10 Å². The second-order valence-electron chi connectivity index (χ2n) is 12.7. The molecule has 1 heterocycles. The minimum atomic E-state index is -0.257. The SMILES string of the molecule is C[C@H]1CCC2(C)C(CCC3C2CCC2(C)C3CC[C@@H]2C(=O)Cn2cc3cc(F)ccc3n2)C1. The summed E-state index contributed by atoms with van der Waals surface area (Å²) >= 11 is 0. The van der Waals surface area contributed by atoms with Crippen molar-refractivity contribution < 1.29 is 9.18 Å². The molecule has 0 N–H and O–H groups in total. The zero-order valence-electron chi connectivity index (χ0n) is 20.5. The number of carbonyl (C=O) groups is 1. The second-order valence-corrected chi connectivity index (χ2v) is 12.7. The lowest BCUT2D eigenvalue weighted by Gasteiger charge is -2.61. The number of fused-ring (bicyclic) bond motifs is 6. The molecule has 4 aliphatic carbocycles. The number of benzene rings is 1. The summed E-state index contributed by atoms with van der Waals surface area (Å²) < 4.78 is 15.3. The first kappa shape index (κ1) is 21.8. The number of aromatic nitrogens is 2. The maximum atomic E-state index is 13.6. The highest BCUT2D eigenvalue weighted by molar-refractivity contribution is 5.83. The Kier molecular flexibility index (Phi) is 5.05. The van der Waals surface area contributed by atoms with Crippen LogP contribution in [0.2, 0.25) is 0 Å². The largest absolute Gasteiger partial charge is 0.297 e. The van der Waals surface area contributed by atoms with Gasteiger partial charge in [-0.15, -0.1) is 0 Å². The Bertz CT molecular complexity index is 1080. The van der Waals surface area contributed by atoms with Gasteiger partial charge in [0.2, 0.25) is 0 Å². The predicted molar refractivity (Wildman–Crippen MR) is 129 cm³/mol. The normalized spacial score (nSPS) is 42.5. The minimum absolute atomic E-state index is 0.141. The molecule has 0 radical (unpaired) electrons. The molecule has 6 unspecified atom stereocenters. The van der Waals surface area contributed by atoms with Gasteiger partial charge in [-0.05, 0) is 110 Å². The topological polar surface area (TPSA) is 34.9 Å². The van der Waals surface area contributed by atoms with Crippen molar-refractivity contribution in [3.63, 3.8) is 0 Å². The molecule has 0 saturated heterocycles. The van der Waals surface area contributed by atoms with Gasteiger partial charge in [-0.25, -0.2) is 4.39 Å². The third-order valence-electron chi connectivity index (χ3n) is 11.1. The number of Topliss-reactive ketones (excluding diaryl/α,β-unsaturated/α-hetero) is 1. The summed E-state index contributed by atoms with van der Waals surface area (Å²) in [6, 6.07) is 4.63. The maximum Gasteiger partial charge on any atom is 0.157 e. The summed E-state index contributed by atoms with van der Waals surface area (Å²) in [5, 5.41) is 5.32. The van der Waals surface area contributed by atoms with Crippen LogP contribution in [0.4, 0.5) is 4.39 Å². The summed E-state index contributed by atoms with van der Waals surface area (Å²) in [4.78, 5) is 13.6. The van der Waals surface area contributed by atoms with Crippen LogP contribution >= 0.6 is 0 Å². The van der Waals surface area contributed by atoms with Crippen molar-refractivity contribution in [1.82, 2.24) is 9.78 Å². The number of hydrogen-bond acceptors (Lipinski definition) is 2. The van der Waals surface area contributed by atoms with Crippen LogP contribution in [0.15, 0.2) is 24.4 Å². The maximum absolute atomic E-state index is 13.6. The fourth-order valence-corrected chi connectivity index (χ4v) is 9.40. The molecule has 6 rings (SSSR count). The molecule has 1 aromatic carbocycles. The molecule has 4 aliphatic rings.